The molecule has 0 aliphatic heterocycles. The molecule has 0 aliphatic carbocycles. The van der Waals surface area contributed by atoms with Crippen LogP contribution in [0.15, 0.2) is 60.7 Å². The first-order valence-electron chi connectivity index (χ1n) is 9.40. The molecular formula is C22H24N4O4. The lowest BCUT2D eigenvalue weighted by molar-refractivity contribution is -0.135. The number of nitrogens with one attached hydrogen (secondary N) is 2. The van der Waals surface area contributed by atoms with Crippen LogP contribution < -0.4 is 16.4 Å². The molecular weight excluding hydrogens is 384 g/mol. The topological polar surface area (TPSA) is 145 Å². The van der Waals surface area contributed by atoms with Gasteiger partial charge >= 0.3 is 0 Å². The van der Waals surface area contributed by atoms with Crippen LogP contribution in [0.3, 0.4) is 0 Å². The van der Waals surface area contributed by atoms with Crippen molar-refractivity contribution < 1.29 is 19.5 Å². The molecule has 5 N–H and O–H groups in total. The quantitative estimate of drug-likeness (QED) is 0.490. The van der Waals surface area contributed by atoms with Crippen LogP contribution in [0, 0.1) is 17.2 Å². The summed E-state index contributed by atoms with van der Waals surface area (Å²) in [5.74, 6) is -2.72. The summed E-state index contributed by atoms with van der Waals surface area (Å²) < 4.78 is 0. The molecule has 0 radical (unpaired) electrons. The second-order valence-electron chi connectivity index (χ2n) is 6.90. The fourth-order valence-corrected chi connectivity index (χ4v) is 2.96. The largest absolute Gasteiger partial charge is 0.381 e. The molecule has 0 heterocycles. The number of carbonyl (C=O) groups is 3. The minimum Gasteiger partial charge on any atom is -0.381 e. The molecule has 4 atom stereocenters. The first-order chi connectivity index (χ1) is 14.3. The fraction of sp³-hybridized carbons (Fsp3) is 0.273. The Morgan fingerprint density at radius 1 is 1.03 bits per heavy atom. The van der Waals surface area contributed by atoms with E-state index in [0.717, 1.165) is 0 Å². The van der Waals surface area contributed by atoms with Gasteiger partial charge in [0.25, 0.3) is 11.8 Å². The average Bonchev–Trinajstić information content (AvgIpc) is 2.76. The molecule has 2 aromatic rings. The van der Waals surface area contributed by atoms with E-state index < -0.39 is 41.8 Å². The maximum absolute atomic E-state index is 12.7. The third kappa shape index (κ3) is 5.90. The highest BCUT2D eigenvalue weighted by molar-refractivity contribution is 5.95. The number of hydrogen-bond donors (Lipinski definition) is 4. The predicted molar refractivity (Wildman–Crippen MR) is 110 cm³/mol. The molecule has 0 fully saturated rings. The molecule has 0 saturated carbocycles. The summed E-state index contributed by atoms with van der Waals surface area (Å²) >= 11 is 0. The molecule has 0 aliphatic rings. The highest BCUT2D eigenvalue weighted by atomic mass is 16.3. The third-order valence-electron chi connectivity index (χ3n) is 4.65. The van der Waals surface area contributed by atoms with E-state index in [1.807, 2.05) is 6.07 Å². The number of aliphatic hydroxyl groups is 1. The van der Waals surface area contributed by atoms with Crippen LogP contribution in [-0.2, 0) is 9.59 Å². The van der Waals surface area contributed by atoms with Crippen molar-refractivity contribution in [2.24, 2.45) is 11.7 Å². The standard InChI is InChI=1S/C22H24N4O4/c1-14(12-13-23)17(20(24)28)25-22(30)19(27)18(15-8-4-2-5-9-15)26-21(29)16-10-6-3-7-11-16/h2-11,14,17-19,27H,12H2,1H3,(H2,24,28)(H,25,30)(H,26,29)/t14-,17+,18-,19+/m0/s1. The summed E-state index contributed by atoms with van der Waals surface area (Å²) in [5.41, 5.74) is 6.22. The minimum atomic E-state index is -1.70. The lowest BCUT2D eigenvalue weighted by atomic mass is 9.96. The van der Waals surface area contributed by atoms with E-state index in [1.54, 1.807) is 67.6 Å². The smallest absolute Gasteiger partial charge is 0.252 e. The van der Waals surface area contributed by atoms with Crippen LogP contribution in [0.5, 0.6) is 0 Å². The molecule has 0 saturated heterocycles. The molecule has 30 heavy (non-hydrogen) atoms. The van der Waals surface area contributed by atoms with Crippen molar-refractivity contribution in [2.45, 2.75) is 31.5 Å². The minimum absolute atomic E-state index is 0.00314. The second kappa shape index (κ2) is 10.7. The van der Waals surface area contributed by atoms with Crippen molar-refractivity contribution >= 4 is 17.7 Å². The van der Waals surface area contributed by atoms with E-state index in [1.165, 1.54) is 0 Å². The normalized spacial score (nSPS) is 14.4. The fourth-order valence-electron chi connectivity index (χ4n) is 2.96. The zero-order valence-corrected chi connectivity index (χ0v) is 16.5. The van der Waals surface area contributed by atoms with Crippen molar-refractivity contribution in [3.63, 3.8) is 0 Å². The zero-order chi connectivity index (χ0) is 22.1. The van der Waals surface area contributed by atoms with Gasteiger partial charge in [0.05, 0.1) is 12.1 Å². The predicted octanol–water partition coefficient (Wildman–Crippen LogP) is 1.04. The summed E-state index contributed by atoms with van der Waals surface area (Å²) in [5, 5.41) is 24.6. The summed E-state index contributed by atoms with van der Waals surface area (Å²) in [7, 11) is 0. The SMILES string of the molecule is C[C@@H](CC#N)[C@@H](NC(=O)[C@H](O)[C@@H](NC(=O)c1ccccc1)c1ccccc1)C(N)=O. The number of rotatable bonds is 9. The third-order valence-corrected chi connectivity index (χ3v) is 4.65. The average molecular weight is 408 g/mol. The van der Waals surface area contributed by atoms with Gasteiger partial charge < -0.3 is 21.5 Å². The molecule has 0 bridgehead atoms. The van der Waals surface area contributed by atoms with E-state index in [0.29, 0.717) is 11.1 Å². The van der Waals surface area contributed by atoms with Crippen molar-refractivity contribution in [2.75, 3.05) is 0 Å². The van der Waals surface area contributed by atoms with Gasteiger partial charge in [-0.15, -0.1) is 0 Å². The Bertz CT molecular complexity index is 912. The van der Waals surface area contributed by atoms with E-state index in [2.05, 4.69) is 10.6 Å². The Labute approximate surface area is 174 Å². The van der Waals surface area contributed by atoms with Gasteiger partial charge in [0.1, 0.15) is 6.04 Å². The van der Waals surface area contributed by atoms with E-state index in [-0.39, 0.29) is 6.42 Å². The van der Waals surface area contributed by atoms with Gasteiger partial charge in [-0.3, -0.25) is 14.4 Å². The van der Waals surface area contributed by atoms with Gasteiger partial charge in [-0.05, 0) is 23.6 Å². The number of benzene rings is 2. The number of nitriles is 1. The number of carbonyl (C=O) groups excluding carboxylic acids is 3. The molecule has 8 nitrogen and oxygen atoms in total. The van der Waals surface area contributed by atoms with Crippen LogP contribution >= 0.6 is 0 Å². The summed E-state index contributed by atoms with van der Waals surface area (Å²) in [6.45, 7) is 1.59. The van der Waals surface area contributed by atoms with Crippen LogP contribution in [0.4, 0.5) is 0 Å². The Morgan fingerprint density at radius 2 is 1.60 bits per heavy atom. The molecule has 0 unspecified atom stereocenters. The number of nitrogens with zero attached hydrogens (tertiary/aromatic N) is 1. The van der Waals surface area contributed by atoms with Gasteiger partial charge in [-0.2, -0.15) is 5.26 Å². The monoisotopic (exact) mass is 408 g/mol. The Hall–Kier alpha value is -3.70. The van der Waals surface area contributed by atoms with Crippen LogP contribution in [0.1, 0.15) is 35.3 Å². The maximum Gasteiger partial charge on any atom is 0.252 e. The van der Waals surface area contributed by atoms with Crippen LogP contribution in [0.2, 0.25) is 0 Å². The number of hydrogen-bond acceptors (Lipinski definition) is 5. The Balaban J connectivity index is 2.24. The first kappa shape index (κ1) is 22.6. The van der Waals surface area contributed by atoms with Gasteiger partial charge in [-0.1, -0.05) is 55.5 Å². The molecule has 2 rings (SSSR count). The lowest BCUT2D eigenvalue weighted by Gasteiger charge is -2.27. The van der Waals surface area contributed by atoms with Gasteiger partial charge in [0, 0.05) is 12.0 Å². The number of aliphatic hydroxyl groups excluding tert-OH is 1. The Kier molecular flexibility index (Phi) is 8.08. The zero-order valence-electron chi connectivity index (χ0n) is 16.5. The van der Waals surface area contributed by atoms with Crippen LogP contribution in [0.25, 0.3) is 0 Å². The van der Waals surface area contributed by atoms with Crippen molar-refractivity contribution in [1.29, 1.82) is 5.26 Å². The molecule has 156 valence electrons. The highest BCUT2D eigenvalue weighted by Crippen LogP contribution is 2.19. The van der Waals surface area contributed by atoms with Gasteiger partial charge in [0.15, 0.2) is 6.10 Å². The molecule has 0 aromatic heterocycles. The highest BCUT2D eigenvalue weighted by Gasteiger charge is 2.33. The number of amides is 3. The van der Waals surface area contributed by atoms with E-state index in [4.69, 9.17) is 11.0 Å². The lowest BCUT2D eigenvalue weighted by Crippen LogP contribution is -2.53. The van der Waals surface area contributed by atoms with E-state index >= 15 is 0 Å². The van der Waals surface area contributed by atoms with Crippen molar-refractivity contribution in [3.8, 4) is 6.07 Å². The molecule has 0 spiro atoms. The van der Waals surface area contributed by atoms with E-state index in [9.17, 15) is 19.5 Å². The summed E-state index contributed by atoms with van der Waals surface area (Å²) in [6.07, 6.45) is -1.70. The summed E-state index contributed by atoms with van der Waals surface area (Å²) in [6, 6.07) is 16.6. The van der Waals surface area contributed by atoms with Gasteiger partial charge in [0.2, 0.25) is 5.91 Å². The molecule has 8 heteroatoms. The second-order valence-corrected chi connectivity index (χ2v) is 6.90. The maximum atomic E-state index is 12.7. The van der Waals surface area contributed by atoms with Gasteiger partial charge in [-0.25, -0.2) is 0 Å². The number of nitrogens with two attached hydrogens (primary N) is 1. The molecule has 2 aromatic carbocycles. The van der Waals surface area contributed by atoms with Crippen molar-refractivity contribution in [1.82, 2.24) is 10.6 Å². The Morgan fingerprint density at radius 3 is 2.13 bits per heavy atom. The number of primary amides is 1. The summed E-state index contributed by atoms with van der Waals surface area (Å²) in [4.78, 5) is 37.0. The molecule has 3 amide bonds. The van der Waals surface area contributed by atoms with Crippen molar-refractivity contribution in [3.05, 3.63) is 71.8 Å². The first-order valence-corrected chi connectivity index (χ1v) is 9.40. The van der Waals surface area contributed by atoms with Crippen LogP contribution in [-0.4, -0.2) is 35.0 Å².